The molecule has 3 N–H and O–H groups in total. The van der Waals surface area contributed by atoms with Crippen molar-refractivity contribution >= 4 is 18.8 Å². The van der Waals surface area contributed by atoms with E-state index in [2.05, 4.69) is 16.8 Å². The number of benzene rings is 1. The SMILES string of the molecule is CNC(C)Cc1ccc2cc(OP(=O)(O)O)oc2c1. The number of hydrogen-bond acceptors (Lipinski definition) is 4. The first-order valence-corrected chi connectivity index (χ1v) is 7.35. The highest BCUT2D eigenvalue weighted by Gasteiger charge is 2.19. The van der Waals surface area contributed by atoms with Gasteiger partial charge in [-0.3, -0.25) is 9.79 Å². The van der Waals surface area contributed by atoms with Crippen LogP contribution in [0.3, 0.4) is 0 Å². The average molecular weight is 285 g/mol. The van der Waals surface area contributed by atoms with Gasteiger partial charge in [-0.2, -0.15) is 0 Å². The largest absolute Gasteiger partial charge is 0.527 e. The lowest BCUT2D eigenvalue weighted by atomic mass is 10.1. The zero-order chi connectivity index (χ0) is 14.0. The van der Waals surface area contributed by atoms with E-state index in [-0.39, 0.29) is 5.95 Å². The molecule has 0 radical (unpaired) electrons. The number of nitrogens with one attached hydrogen (secondary N) is 1. The summed E-state index contributed by atoms with van der Waals surface area (Å²) in [5.41, 5.74) is 1.62. The van der Waals surface area contributed by atoms with Crippen molar-refractivity contribution in [3.63, 3.8) is 0 Å². The Hall–Kier alpha value is -1.33. The molecule has 7 heteroatoms. The van der Waals surface area contributed by atoms with Crippen LogP contribution in [0.5, 0.6) is 5.95 Å². The summed E-state index contributed by atoms with van der Waals surface area (Å²) in [6.45, 7) is 2.06. The summed E-state index contributed by atoms with van der Waals surface area (Å²) in [7, 11) is -2.70. The summed E-state index contributed by atoms with van der Waals surface area (Å²) >= 11 is 0. The van der Waals surface area contributed by atoms with E-state index in [4.69, 9.17) is 14.2 Å². The number of fused-ring (bicyclic) bond motifs is 1. The molecule has 1 aromatic carbocycles. The third-order valence-electron chi connectivity index (χ3n) is 2.81. The lowest BCUT2D eigenvalue weighted by Crippen LogP contribution is -2.23. The molecule has 0 spiro atoms. The Morgan fingerprint density at radius 2 is 2.16 bits per heavy atom. The molecule has 0 aliphatic rings. The van der Waals surface area contributed by atoms with E-state index in [0.29, 0.717) is 11.6 Å². The lowest BCUT2D eigenvalue weighted by Gasteiger charge is -2.09. The Bertz CT molecular complexity index is 618. The topological polar surface area (TPSA) is 91.9 Å². The monoisotopic (exact) mass is 285 g/mol. The highest BCUT2D eigenvalue weighted by molar-refractivity contribution is 7.46. The van der Waals surface area contributed by atoms with Crippen LogP contribution < -0.4 is 9.84 Å². The third kappa shape index (κ3) is 3.81. The van der Waals surface area contributed by atoms with Crippen LogP contribution in [-0.2, 0) is 11.0 Å². The molecule has 6 nitrogen and oxygen atoms in total. The highest BCUT2D eigenvalue weighted by atomic mass is 31.2. The van der Waals surface area contributed by atoms with E-state index >= 15 is 0 Å². The van der Waals surface area contributed by atoms with Gasteiger partial charge in [-0.05, 0) is 32.0 Å². The number of furan rings is 1. The highest BCUT2D eigenvalue weighted by Crippen LogP contribution is 2.39. The fourth-order valence-electron chi connectivity index (χ4n) is 1.80. The Morgan fingerprint density at radius 3 is 2.79 bits per heavy atom. The second-order valence-electron chi connectivity index (χ2n) is 4.41. The molecular weight excluding hydrogens is 269 g/mol. The van der Waals surface area contributed by atoms with Crippen LogP contribution in [0, 0.1) is 0 Å². The number of phosphoric ester groups is 1. The van der Waals surface area contributed by atoms with Gasteiger partial charge in [-0.1, -0.05) is 12.1 Å². The van der Waals surface area contributed by atoms with E-state index in [1.165, 1.54) is 6.07 Å². The van der Waals surface area contributed by atoms with Crippen LogP contribution in [0.2, 0.25) is 0 Å². The van der Waals surface area contributed by atoms with Gasteiger partial charge in [0.1, 0.15) is 5.58 Å². The van der Waals surface area contributed by atoms with Gasteiger partial charge < -0.3 is 14.3 Å². The first-order chi connectivity index (χ1) is 8.87. The van der Waals surface area contributed by atoms with E-state index in [9.17, 15) is 4.57 Å². The molecule has 0 bridgehead atoms. The van der Waals surface area contributed by atoms with Gasteiger partial charge in [0.2, 0.25) is 0 Å². The van der Waals surface area contributed by atoms with E-state index in [0.717, 1.165) is 17.4 Å². The zero-order valence-corrected chi connectivity index (χ0v) is 11.6. The molecule has 1 heterocycles. The zero-order valence-electron chi connectivity index (χ0n) is 10.7. The smallest absolute Gasteiger partial charge is 0.425 e. The van der Waals surface area contributed by atoms with Gasteiger partial charge in [0.25, 0.3) is 5.95 Å². The van der Waals surface area contributed by atoms with Crippen molar-refractivity contribution in [2.75, 3.05) is 7.05 Å². The van der Waals surface area contributed by atoms with Crippen molar-refractivity contribution in [1.29, 1.82) is 0 Å². The summed E-state index contributed by atoms with van der Waals surface area (Å²) < 4.78 is 20.4. The first kappa shape index (κ1) is 14.1. The molecule has 0 aliphatic heterocycles. The van der Waals surface area contributed by atoms with Crippen molar-refractivity contribution in [2.45, 2.75) is 19.4 Å². The molecule has 2 aromatic rings. The molecule has 0 fully saturated rings. The van der Waals surface area contributed by atoms with Gasteiger partial charge in [-0.15, -0.1) is 0 Å². The second-order valence-corrected chi connectivity index (χ2v) is 5.58. The third-order valence-corrected chi connectivity index (χ3v) is 3.22. The molecule has 1 unspecified atom stereocenters. The summed E-state index contributed by atoms with van der Waals surface area (Å²) in [4.78, 5) is 17.4. The van der Waals surface area contributed by atoms with Gasteiger partial charge in [0.05, 0.1) is 0 Å². The molecule has 2 rings (SSSR count). The maximum atomic E-state index is 10.7. The second kappa shape index (κ2) is 5.35. The van der Waals surface area contributed by atoms with Crippen LogP contribution in [0.15, 0.2) is 28.7 Å². The Morgan fingerprint density at radius 1 is 1.42 bits per heavy atom. The molecule has 1 atom stereocenters. The number of hydrogen-bond donors (Lipinski definition) is 3. The van der Waals surface area contributed by atoms with Crippen LogP contribution in [0.4, 0.5) is 0 Å². The summed E-state index contributed by atoms with van der Waals surface area (Å²) in [5.74, 6) is -0.179. The van der Waals surface area contributed by atoms with Crippen LogP contribution in [0.1, 0.15) is 12.5 Å². The fourth-order valence-corrected chi connectivity index (χ4v) is 2.12. The number of likely N-dealkylation sites (N-methyl/N-ethyl adjacent to an activating group) is 1. The van der Waals surface area contributed by atoms with Crippen LogP contribution >= 0.6 is 7.82 Å². The van der Waals surface area contributed by atoms with Crippen molar-refractivity contribution in [1.82, 2.24) is 5.32 Å². The number of phosphoric acid groups is 1. The summed E-state index contributed by atoms with van der Waals surface area (Å²) in [5, 5.41) is 3.88. The maximum Gasteiger partial charge on any atom is 0.527 e. The van der Waals surface area contributed by atoms with Gasteiger partial charge in [0.15, 0.2) is 0 Å². The molecule has 19 heavy (non-hydrogen) atoms. The van der Waals surface area contributed by atoms with Crippen molar-refractivity contribution < 1.29 is 23.3 Å². The minimum atomic E-state index is -4.59. The molecule has 0 saturated carbocycles. The van der Waals surface area contributed by atoms with Crippen molar-refractivity contribution in [3.05, 3.63) is 29.8 Å². The maximum absolute atomic E-state index is 10.7. The molecule has 104 valence electrons. The molecule has 0 amide bonds. The quantitative estimate of drug-likeness (QED) is 0.728. The normalized spacial score (nSPS) is 13.7. The van der Waals surface area contributed by atoms with Crippen molar-refractivity contribution in [3.8, 4) is 5.95 Å². The summed E-state index contributed by atoms with van der Waals surface area (Å²) in [6.07, 6.45) is 0.835. The summed E-state index contributed by atoms with van der Waals surface area (Å²) in [6, 6.07) is 7.42. The van der Waals surface area contributed by atoms with Crippen LogP contribution in [0.25, 0.3) is 11.0 Å². The lowest BCUT2D eigenvalue weighted by molar-refractivity contribution is 0.258. The molecule has 0 saturated heterocycles. The number of rotatable bonds is 5. The molecule has 1 aromatic heterocycles. The first-order valence-electron chi connectivity index (χ1n) is 5.82. The minimum absolute atomic E-state index is 0.179. The van der Waals surface area contributed by atoms with Gasteiger partial charge in [0, 0.05) is 17.5 Å². The van der Waals surface area contributed by atoms with E-state index in [1.807, 2.05) is 25.2 Å². The minimum Gasteiger partial charge on any atom is -0.425 e. The standard InChI is InChI=1S/C12H16NO5P/c1-8(13-2)5-9-3-4-10-7-12(17-11(10)6-9)18-19(14,15)16/h3-4,6-8,13H,5H2,1-2H3,(H2,14,15,16). The predicted octanol–water partition coefficient (Wildman–Crippen LogP) is 2.05. The van der Waals surface area contributed by atoms with Crippen molar-refractivity contribution in [2.24, 2.45) is 0 Å². The average Bonchev–Trinajstić information content (AvgIpc) is 2.67. The van der Waals surface area contributed by atoms with E-state index < -0.39 is 7.82 Å². The Labute approximate surface area is 110 Å². The van der Waals surface area contributed by atoms with Crippen LogP contribution in [-0.4, -0.2) is 22.9 Å². The molecular formula is C12H16NO5P. The fraction of sp³-hybridized carbons (Fsp3) is 0.333. The molecule has 0 aliphatic carbocycles. The van der Waals surface area contributed by atoms with Gasteiger partial charge >= 0.3 is 7.82 Å². The van der Waals surface area contributed by atoms with Gasteiger partial charge in [-0.25, -0.2) is 4.57 Å². The Balaban J connectivity index is 2.26. The van der Waals surface area contributed by atoms with E-state index in [1.54, 1.807) is 0 Å². The predicted molar refractivity (Wildman–Crippen MR) is 71.1 cm³/mol. The Kier molecular flexibility index (Phi) is 3.96.